The third-order valence-corrected chi connectivity index (χ3v) is 0.478. The normalized spacial score (nSPS) is 6.43. The topological polar surface area (TPSA) is 154 Å². The molecule has 0 fully saturated rings. The first kappa shape index (κ1) is 29.3. The summed E-state index contributed by atoms with van der Waals surface area (Å²) in [5.41, 5.74) is 30.8. The molecule has 0 heterocycles. The molecule has 11 N–H and O–H groups in total. The van der Waals surface area contributed by atoms with Crippen molar-refractivity contribution in [1.82, 2.24) is 0 Å². The Kier molecular flexibility index (Phi) is 105. The molecular formula is C7H27LiN6. The molecule has 0 unspecified atom stereocenters. The van der Waals surface area contributed by atoms with Crippen molar-refractivity contribution in [2.45, 2.75) is 7.43 Å². The first-order chi connectivity index (χ1) is 5.74. The van der Waals surface area contributed by atoms with Crippen LogP contribution in [0, 0.1) is 0 Å². The van der Waals surface area contributed by atoms with Gasteiger partial charge in [0.2, 0.25) is 0 Å². The van der Waals surface area contributed by atoms with E-state index in [0.717, 1.165) is 0 Å². The van der Waals surface area contributed by atoms with E-state index in [1.54, 1.807) is 0 Å². The van der Waals surface area contributed by atoms with Crippen molar-refractivity contribution in [2.75, 3.05) is 39.3 Å². The second kappa shape index (κ2) is 50.5. The van der Waals surface area contributed by atoms with Crippen LogP contribution in [-0.4, -0.2) is 39.3 Å². The molecule has 14 heavy (non-hydrogen) atoms. The van der Waals surface area contributed by atoms with Gasteiger partial charge in [0.25, 0.3) is 0 Å². The van der Waals surface area contributed by atoms with Gasteiger partial charge in [-0.3, -0.25) is 0 Å². The standard InChI is InChI=1S/2C2H8N2.C2H7N2.CH4.Li/c3*3-1-2-4;;/h2*1-4H2;3H,1-2,4H2;1H4;/q;;-1;;+1. The summed E-state index contributed by atoms with van der Waals surface area (Å²) in [6.45, 7) is 3.22. The molecule has 0 aliphatic heterocycles. The molecule has 0 amide bonds. The molecule has 0 aromatic rings. The Bertz CT molecular complexity index is 33.7. The van der Waals surface area contributed by atoms with Gasteiger partial charge in [0.15, 0.2) is 0 Å². The molecule has 0 saturated carbocycles. The minimum atomic E-state index is 0. The predicted molar refractivity (Wildman–Crippen MR) is 61.2 cm³/mol. The summed E-state index contributed by atoms with van der Waals surface area (Å²) in [5.74, 6) is 0. The molecule has 0 spiro atoms. The fourth-order valence-corrected chi connectivity index (χ4v) is 0. The summed E-state index contributed by atoms with van der Waals surface area (Å²) in [7, 11) is 0. The van der Waals surface area contributed by atoms with Gasteiger partial charge in [-0.1, -0.05) is 7.43 Å². The number of rotatable bonds is 3. The molecule has 0 saturated heterocycles. The molecular weight excluding hydrogens is 175 g/mol. The predicted octanol–water partition coefficient (Wildman–Crippen LogP) is -4.55. The van der Waals surface area contributed by atoms with Crippen molar-refractivity contribution in [3.63, 3.8) is 0 Å². The molecule has 0 rings (SSSR count). The van der Waals surface area contributed by atoms with Crippen molar-refractivity contribution < 1.29 is 18.9 Å². The van der Waals surface area contributed by atoms with Gasteiger partial charge in [-0.2, -0.15) is 0 Å². The Morgan fingerprint density at radius 3 is 0.786 bits per heavy atom. The van der Waals surface area contributed by atoms with Crippen molar-refractivity contribution in [1.29, 1.82) is 0 Å². The molecule has 0 radical (unpaired) electrons. The Labute approximate surface area is 100 Å². The summed E-state index contributed by atoms with van der Waals surface area (Å²) in [6, 6.07) is 0. The Hall–Kier alpha value is 0.357. The molecule has 0 aromatic heterocycles. The first-order valence-corrected chi connectivity index (χ1v) is 3.89. The zero-order chi connectivity index (χ0) is 10.2. The third kappa shape index (κ3) is 141. The van der Waals surface area contributed by atoms with Gasteiger partial charge < -0.3 is 34.4 Å². The summed E-state index contributed by atoms with van der Waals surface area (Å²) < 4.78 is 0. The van der Waals surface area contributed by atoms with E-state index in [1.165, 1.54) is 0 Å². The SMILES string of the molecule is C.NCCN.NCCN.[Li+].[NH-]CCN. The van der Waals surface area contributed by atoms with E-state index in [-0.39, 0.29) is 26.3 Å². The van der Waals surface area contributed by atoms with Crippen molar-refractivity contribution in [2.24, 2.45) is 28.7 Å². The average molecular weight is 202 g/mol. The first-order valence-electron chi connectivity index (χ1n) is 3.89. The number of nitrogens with two attached hydrogens (primary N) is 5. The van der Waals surface area contributed by atoms with Gasteiger partial charge in [-0.05, 0) is 6.54 Å². The minimum Gasteiger partial charge on any atom is -0.676 e. The summed E-state index contributed by atoms with van der Waals surface area (Å²) in [5, 5.41) is 0. The largest absolute Gasteiger partial charge is 1.00 e. The second-order valence-corrected chi connectivity index (χ2v) is 1.69. The maximum absolute atomic E-state index is 6.33. The zero-order valence-electron chi connectivity index (χ0n) is 8.63. The quantitative estimate of drug-likeness (QED) is 0.291. The summed E-state index contributed by atoms with van der Waals surface area (Å²) >= 11 is 0. The third-order valence-electron chi connectivity index (χ3n) is 0.478. The van der Waals surface area contributed by atoms with Gasteiger partial charge in [0, 0.05) is 26.2 Å². The van der Waals surface area contributed by atoms with Crippen molar-refractivity contribution in [3.8, 4) is 0 Å². The fourth-order valence-electron chi connectivity index (χ4n) is 0. The fraction of sp³-hybridized carbons (Fsp3) is 1.00. The minimum absolute atomic E-state index is 0. The van der Waals surface area contributed by atoms with Gasteiger partial charge in [-0.25, -0.2) is 0 Å². The van der Waals surface area contributed by atoms with Gasteiger partial charge in [-0.15, -0.1) is 6.54 Å². The van der Waals surface area contributed by atoms with Crippen LogP contribution < -0.4 is 47.5 Å². The molecule has 0 atom stereocenters. The number of nitrogens with one attached hydrogen (secondary N) is 1. The average Bonchev–Trinajstić information content (AvgIpc) is 2.18. The van der Waals surface area contributed by atoms with E-state index in [0.29, 0.717) is 39.3 Å². The van der Waals surface area contributed by atoms with E-state index in [4.69, 9.17) is 34.4 Å². The van der Waals surface area contributed by atoms with Crippen LogP contribution in [0.3, 0.4) is 0 Å². The Morgan fingerprint density at radius 2 is 0.786 bits per heavy atom. The van der Waals surface area contributed by atoms with E-state index < -0.39 is 0 Å². The Balaban J connectivity index is -0.0000000270. The van der Waals surface area contributed by atoms with Gasteiger partial charge >= 0.3 is 18.9 Å². The molecule has 0 aliphatic carbocycles. The maximum atomic E-state index is 6.33. The number of hydrogen-bond donors (Lipinski definition) is 5. The van der Waals surface area contributed by atoms with Crippen LogP contribution in [0.2, 0.25) is 0 Å². The number of hydrogen-bond acceptors (Lipinski definition) is 5. The molecule has 0 bridgehead atoms. The van der Waals surface area contributed by atoms with Crippen LogP contribution in [-0.2, 0) is 0 Å². The second-order valence-electron chi connectivity index (χ2n) is 1.69. The molecule has 0 aliphatic rings. The zero-order valence-corrected chi connectivity index (χ0v) is 8.63. The Morgan fingerprint density at radius 1 is 0.643 bits per heavy atom. The van der Waals surface area contributed by atoms with Crippen molar-refractivity contribution >= 4 is 0 Å². The van der Waals surface area contributed by atoms with Crippen LogP contribution in [0.25, 0.3) is 5.73 Å². The molecule has 86 valence electrons. The molecule has 7 heteroatoms. The van der Waals surface area contributed by atoms with Crippen LogP contribution in [0.15, 0.2) is 0 Å². The van der Waals surface area contributed by atoms with Crippen LogP contribution in [0.5, 0.6) is 0 Å². The van der Waals surface area contributed by atoms with E-state index in [1.807, 2.05) is 0 Å². The monoisotopic (exact) mass is 202 g/mol. The van der Waals surface area contributed by atoms with Crippen LogP contribution >= 0.6 is 0 Å². The maximum Gasteiger partial charge on any atom is 1.00 e. The van der Waals surface area contributed by atoms with Gasteiger partial charge in [0.1, 0.15) is 0 Å². The van der Waals surface area contributed by atoms with E-state index in [9.17, 15) is 0 Å². The van der Waals surface area contributed by atoms with Crippen LogP contribution in [0.4, 0.5) is 0 Å². The summed E-state index contributed by atoms with van der Waals surface area (Å²) in [6.07, 6.45) is 0. The molecule has 0 aromatic carbocycles. The summed E-state index contributed by atoms with van der Waals surface area (Å²) in [4.78, 5) is 0. The van der Waals surface area contributed by atoms with Crippen molar-refractivity contribution in [3.05, 3.63) is 5.73 Å². The van der Waals surface area contributed by atoms with E-state index >= 15 is 0 Å². The van der Waals surface area contributed by atoms with Crippen LogP contribution in [0.1, 0.15) is 7.43 Å². The smallest absolute Gasteiger partial charge is 0.676 e. The van der Waals surface area contributed by atoms with E-state index in [2.05, 4.69) is 0 Å². The molecule has 6 nitrogen and oxygen atoms in total. The van der Waals surface area contributed by atoms with Gasteiger partial charge in [0.05, 0.1) is 0 Å².